The third-order valence-corrected chi connectivity index (χ3v) is 3.02. The summed E-state index contributed by atoms with van der Waals surface area (Å²) in [6.45, 7) is 7.79. The number of aryl methyl sites for hydroxylation is 1. The number of carbonyl (C=O) groups is 1. The van der Waals surface area contributed by atoms with Crippen LogP contribution in [0.3, 0.4) is 0 Å². The zero-order chi connectivity index (χ0) is 13.7. The van der Waals surface area contributed by atoms with Crippen LogP contribution in [0.5, 0.6) is 0 Å². The van der Waals surface area contributed by atoms with E-state index in [0.717, 1.165) is 17.7 Å². The lowest BCUT2D eigenvalue weighted by atomic mass is 9.97. The van der Waals surface area contributed by atoms with Crippen LogP contribution in [0.2, 0.25) is 0 Å². The first-order valence-corrected chi connectivity index (χ1v) is 6.45. The maximum absolute atomic E-state index is 12.1. The van der Waals surface area contributed by atoms with E-state index in [1.54, 1.807) is 0 Å². The maximum atomic E-state index is 12.1. The average Bonchev–Trinajstić information content (AvgIpc) is 2.28. The van der Waals surface area contributed by atoms with E-state index >= 15 is 0 Å². The highest BCUT2D eigenvalue weighted by molar-refractivity contribution is 5.95. The molecular weight excluding hydrogens is 224 g/mol. The largest absolute Gasteiger partial charge is 0.351 e. The summed E-state index contributed by atoms with van der Waals surface area (Å²) in [5, 5.41) is 2.96. The van der Waals surface area contributed by atoms with Crippen molar-refractivity contribution in [2.75, 3.05) is 27.2 Å². The Morgan fingerprint density at radius 1 is 1.33 bits per heavy atom. The second-order valence-corrected chi connectivity index (χ2v) is 5.29. The zero-order valence-electron chi connectivity index (χ0n) is 12.1. The van der Waals surface area contributed by atoms with Gasteiger partial charge in [0.1, 0.15) is 0 Å². The van der Waals surface area contributed by atoms with Gasteiger partial charge in [-0.25, -0.2) is 0 Å². The van der Waals surface area contributed by atoms with E-state index in [1.807, 2.05) is 33.2 Å². The molecule has 1 aromatic rings. The van der Waals surface area contributed by atoms with Gasteiger partial charge in [-0.2, -0.15) is 0 Å². The van der Waals surface area contributed by atoms with E-state index in [4.69, 9.17) is 0 Å². The quantitative estimate of drug-likeness (QED) is 0.868. The third kappa shape index (κ3) is 4.15. The minimum absolute atomic E-state index is 0.0249. The molecule has 0 spiro atoms. The SMILES string of the molecule is Cc1ccc(C(C)C)cc1C(=O)NCCN(C)C. The van der Waals surface area contributed by atoms with Crippen LogP contribution in [-0.2, 0) is 0 Å². The third-order valence-electron chi connectivity index (χ3n) is 3.02. The van der Waals surface area contributed by atoms with Gasteiger partial charge in [0, 0.05) is 18.7 Å². The first-order valence-electron chi connectivity index (χ1n) is 6.45. The van der Waals surface area contributed by atoms with E-state index < -0.39 is 0 Å². The topological polar surface area (TPSA) is 32.3 Å². The van der Waals surface area contributed by atoms with Crippen LogP contribution in [-0.4, -0.2) is 38.0 Å². The molecule has 1 N–H and O–H groups in total. The van der Waals surface area contributed by atoms with Crippen molar-refractivity contribution in [1.29, 1.82) is 0 Å². The molecule has 0 atom stereocenters. The number of likely N-dealkylation sites (N-methyl/N-ethyl adjacent to an activating group) is 1. The zero-order valence-corrected chi connectivity index (χ0v) is 12.1. The van der Waals surface area contributed by atoms with Crippen LogP contribution in [0.15, 0.2) is 18.2 Å². The molecule has 0 heterocycles. The standard InChI is InChI=1S/C15H24N2O/c1-11(2)13-7-6-12(3)14(10-13)15(18)16-8-9-17(4)5/h6-7,10-11H,8-9H2,1-5H3,(H,16,18). The number of hydrogen-bond donors (Lipinski definition) is 1. The highest BCUT2D eigenvalue weighted by Crippen LogP contribution is 2.18. The number of nitrogens with one attached hydrogen (secondary N) is 1. The predicted octanol–water partition coefficient (Wildman–Crippen LogP) is 2.41. The number of carbonyl (C=O) groups excluding carboxylic acids is 1. The Balaban J connectivity index is 2.75. The molecule has 1 rings (SSSR count). The summed E-state index contributed by atoms with van der Waals surface area (Å²) in [7, 11) is 3.99. The summed E-state index contributed by atoms with van der Waals surface area (Å²) in [4.78, 5) is 14.1. The molecular formula is C15H24N2O. The molecule has 3 nitrogen and oxygen atoms in total. The van der Waals surface area contributed by atoms with E-state index in [9.17, 15) is 4.79 Å². The predicted molar refractivity (Wildman–Crippen MR) is 76.2 cm³/mol. The van der Waals surface area contributed by atoms with Crippen molar-refractivity contribution in [3.8, 4) is 0 Å². The fourth-order valence-corrected chi connectivity index (χ4v) is 1.73. The minimum Gasteiger partial charge on any atom is -0.351 e. The maximum Gasteiger partial charge on any atom is 0.251 e. The lowest BCUT2D eigenvalue weighted by Crippen LogP contribution is -2.31. The van der Waals surface area contributed by atoms with Crippen molar-refractivity contribution in [1.82, 2.24) is 10.2 Å². The fraction of sp³-hybridized carbons (Fsp3) is 0.533. The molecule has 0 radical (unpaired) electrons. The second-order valence-electron chi connectivity index (χ2n) is 5.29. The van der Waals surface area contributed by atoms with Gasteiger partial charge in [-0.05, 0) is 44.1 Å². The molecule has 0 aliphatic carbocycles. The van der Waals surface area contributed by atoms with Crippen molar-refractivity contribution in [3.63, 3.8) is 0 Å². The van der Waals surface area contributed by atoms with Crippen molar-refractivity contribution >= 4 is 5.91 Å². The van der Waals surface area contributed by atoms with E-state index in [2.05, 4.69) is 30.1 Å². The molecule has 0 saturated heterocycles. The molecule has 0 unspecified atom stereocenters. The van der Waals surface area contributed by atoms with Gasteiger partial charge >= 0.3 is 0 Å². The molecule has 100 valence electrons. The molecule has 1 aromatic carbocycles. The van der Waals surface area contributed by atoms with Gasteiger partial charge in [0.25, 0.3) is 5.91 Å². The van der Waals surface area contributed by atoms with Crippen molar-refractivity contribution in [2.45, 2.75) is 26.7 Å². The van der Waals surface area contributed by atoms with Crippen LogP contribution < -0.4 is 5.32 Å². The molecule has 0 aliphatic rings. The van der Waals surface area contributed by atoms with Gasteiger partial charge < -0.3 is 10.2 Å². The molecule has 0 bridgehead atoms. The van der Waals surface area contributed by atoms with Crippen LogP contribution in [0.25, 0.3) is 0 Å². The monoisotopic (exact) mass is 248 g/mol. The molecule has 18 heavy (non-hydrogen) atoms. The van der Waals surface area contributed by atoms with Crippen molar-refractivity contribution in [2.24, 2.45) is 0 Å². The van der Waals surface area contributed by atoms with E-state index in [0.29, 0.717) is 12.5 Å². The van der Waals surface area contributed by atoms with E-state index in [-0.39, 0.29) is 5.91 Å². The highest BCUT2D eigenvalue weighted by atomic mass is 16.1. The Bertz CT molecular complexity index is 411. The number of benzene rings is 1. The minimum atomic E-state index is 0.0249. The lowest BCUT2D eigenvalue weighted by molar-refractivity contribution is 0.0950. The summed E-state index contributed by atoms with van der Waals surface area (Å²) in [5.74, 6) is 0.468. The fourth-order valence-electron chi connectivity index (χ4n) is 1.73. The second kappa shape index (κ2) is 6.55. The Kier molecular flexibility index (Phi) is 5.35. The molecule has 3 heteroatoms. The lowest BCUT2D eigenvalue weighted by Gasteiger charge is -2.13. The van der Waals surface area contributed by atoms with Gasteiger partial charge in [-0.1, -0.05) is 26.0 Å². The smallest absolute Gasteiger partial charge is 0.251 e. The van der Waals surface area contributed by atoms with Gasteiger partial charge in [0.05, 0.1) is 0 Å². The normalized spacial score (nSPS) is 11.1. The van der Waals surface area contributed by atoms with Gasteiger partial charge in [0.15, 0.2) is 0 Å². The Hall–Kier alpha value is -1.35. The first kappa shape index (κ1) is 14.7. The Morgan fingerprint density at radius 2 is 2.00 bits per heavy atom. The molecule has 0 fully saturated rings. The summed E-state index contributed by atoms with van der Waals surface area (Å²) < 4.78 is 0. The highest BCUT2D eigenvalue weighted by Gasteiger charge is 2.10. The Labute approximate surface area is 110 Å². The molecule has 0 aromatic heterocycles. The van der Waals surface area contributed by atoms with E-state index in [1.165, 1.54) is 5.56 Å². The first-order chi connectivity index (χ1) is 8.41. The summed E-state index contributed by atoms with van der Waals surface area (Å²) in [5.41, 5.74) is 3.03. The van der Waals surface area contributed by atoms with Gasteiger partial charge in [0.2, 0.25) is 0 Å². The van der Waals surface area contributed by atoms with Gasteiger partial charge in [-0.15, -0.1) is 0 Å². The van der Waals surface area contributed by atoms with Crippen molar-refractivity contribution in [3.05, 3.63) is 34.9 Å². The van der Waals surface area contributed by atoms with Crippen molar-refractivity contribution < 1.29 is 4.79 Å². The van der Waals surface area contributed by atoms with Crippen LogP contribution in [0, 0.1) is 6.92 Å². The Morgan fingerprint density at radius 3 is 2.56 bits per heavy atom. The summed E-state index contributed by atoms with van der Waals surface area (Å²) in [6, 6.07) is 6.12. The number of rotatable bonds is 5. The number of nitrogens with zero attached hydrogens (tertiary/aromatic N) is 1. The van der Waals surface area contributed by atoms with Gasteiger partial charge in [-0.3, -0.25) is 4.79 Å². The van der Waals surface area contributed by atoms with Crippen LogP contribution in [0.4, 0.5) is 0 Å². The average molecular weight is 248 g/mol. The number of hydrogen-bond acceptors (Lipinski definition) is 2. The summed E-state index contributed by atoms with van der Waals surface area (Å²) >= 11 is 0. The molecule has 1 amide bonds. The molecule has 0 saturated carbocycles. The van der Waals surface area contributed by atoms with Crippen LogP contribution in [0.1, 0.15) is 41.3 Å². The van der Waals surface area contributed by atoms with Crippen LogP contribution >= 0.6 is 0 Å². The summed E-state index contributed by atoms with van der Waals surface area (Å²) in [6.07, 6.45) is 0. The number of amides is 1. The molecule has 0 aliphatic heterocycles.